The van der Waals surface area contributed by atoms with Gasteiger partial charge in [-0.25, -0.2) is 14.8 Å². The molecule has 3 aromatic rings. The van der Waals surface area contributed by atoms with Gasteiger partial charge in [0.15, 0.2) is 0 Å². The number of amides is 1. The van der Waals surface area contributed by atoms with Gasteiger partial charge in [-0.15, -0.1) is 0 Å². The van der Waals surface area contributed by atoms with Crippen molar-refractivity contribution in [3.8, 4) is 0 Å². The fraction of sp³-hybridized carbons (Fsp3) is 0.500. The fourth-order valence-corrected chi connectivity index (χ4v) is 6.99. The van der Waals surface area contributed by atoms with E-state index >= 15 is 0 Å². The topological polar surface area (TPSA) is 147 Å². The smallest absolute Gasteiger partial charge is 0.423 e. The van der Waals surface area contributed by atoms with Crippen LogP contribution < -0.4 is 5.32 Å². The summed E-state index contributed by atoms with van der Waals surface area (Å²) in [6, 6.07) is 10.4. The summed E-state index contributed by atoms with van der Waals surface area (Å²) >= 11 is 0. The maximum Gasteiger partial charge on any atom is 0.423 e. The number of carboxylic acid groups (broad SMARTS) is 1. The van der Waals surface area contributed by atoms with Gasteiger partial charge in [-0.3, -0.25) is 4.18 Å². The van der Waals surface area contributed by atoms with Gasteiger partial charge in [0, 0.05) is 18.2 Å². The second-order valence-corrected chi connectivity index (χ2v) is 12.5. The van der Waals surface area contributed by atoms with Gasteiger partial charge in [0.2, 0.25) is 0 Å². The summed E-state index contributed by atoms with van der Waals surface area (Å²) in [4.78, 5) is 20.6. The third-order valence-electron chi connectivity index (χ3n) is 7.42. The highest BCUT2D eigenvalue weighted by atomic mass is 32.2. The van der Waals surface area contributed by atoms with Crippen LogP contribution in [-0.2, 0) is 20.9 Å². The van der Waals surface area contributed by atoms with Gasteiger partial charge in [-0.2, -0.15) is 12.7 Å². The minimum atomic E-state index is -4.55. The Hall–Kier alpha value is -3.22. The minimum absolute atomic E-state index is 0.132. The number of nitrogens with zero attached hydrogens (tertiary/aromatic N) is 4. The molecule has 12 heteroatoms. The molecule has 1 fully saturated rings. The summed E-state index contributed by atoms with van der Waals surface area (Å²) in [7, 11) is -4.55. The first-order valence-electron chi connectivity index (χ1n) is 12.7. The Labute approximate surface area is 221 Å². The van der Waals surface area contributed by atoms with E-state index in [9.17, 15) is 23.4 Å². The Kier molecular flexibility index (Phi) is 6.82. The molecule has 0 radical (unpaired) electrons. The van der Waals surface area contributed by atoms with Crippen LogP contribution >= 0.6 is 0 Å². The van der Waals surface area contributed by atoms with Gasteiger partial charge in [0.1, 0.15) is 17.8 Å². The zero-order valence-corrected chi connectivity index (χ0v) is 22.4. The molecule has 0 unspecified atom stereocenters. The molecule has 0 bridgehead atoms. The maximum absolute atomic E-state index is 12.6. The summed E-state index contributed by atoms with van der Waals surface area (Å²) in [6.07, 6.45) is 3.85. The summed E-state index contributed by atoms with van der Waals surface area (Å²) in [5.74, 6) is 0.258. The van der Waals surface area contributed by atoms with Crippen LogP contribution in [0.15, 0.2) is 42.9 Å². The van der Waals surface area contributed by atoms with Gasteiger partial charge < -0.3 is 20.1 Å². The Morgan fingerprint density at radius 1 is 1.21 bits per heavy atom. The Balaban J connectivity index is 1.30. The second kappa shape index (κ2) is 9.83. The van der Waals surface area contributed by atoms with E-state index in [0.717, 1.165) is 29.7 Å². The molecule has 38 heavy (non-hydrogen) atoms. The highest BCUT2D eigenvalue weighted by Gasteiger charge is 2.41. The first kappa shape index (κ1) is 26.4. The van der Waals surface area contributed by atoms with Crippen LogP contribution in [0.25, 0.3) is 11.0 Å². The number of aryl methyl sites for hydroxylation is 1. The zero-order valence-electron chi connectivity index (χ0n) is 21.6. The molecule has 1 amide bonds. The van der Waals surface area contributed by atoms with Crippen LogP contribution in [-0.4, -0.2) is 61.8 Å². The van der Waals surface area contributed by atoms with E-state index in [2.05, 4.69) is 33.5 Å². The van der Waals surface area contributed by atoms with Crippen molar-refractivity contribution in [2.75, 3.05) is 11.9 Å². The lowest BCUT2D eigenvalue weighted by Gasteiger charge is -2.31. The lowest BCUT2D eigenvalue weighted by atomic mass is 10.1. The SMILES string of the molecule is CC(C)(C)N(C(=O)O)S(=O)(=O)OC[C@@H]1C[C@@H](n2ccc3c(N[C@@H]4CCc5ccccc54)ncnc32)C[C@H]1O. The largest absolute Gasteiger partial charge is 0.464 e. The molecule has 1 saturated carbocycles. The molecule has 1 aromatic carbocycles. The number of carbonyl (C=O) groups is 1. The minimum Gasteiger partial charge on any atom is -0.464 e. The monoisotopic (exact) mass is 543 g/mol. The number of hydrogen-bond acceptors (Lipinski definition) is 8. The number of aromatic nitrogens is 3. The van der Waals surface area contributed by atoms with Crippen LogP contribution in [0.4, 0.5) is 10.6 Å². The highest BCUT2D eigenvalue weighted by Crippen LogP contribution is 2.39. The average Bonchev–Trinajstić information content (AvgIpc) is 3.53. The highest BCUT2D eigenvalue weighted by molar-refractivity contribution is 7.84. The number of anilines is 1. The summed E-state index contributed by atoms with van der Waals surface area (Å²) < 4.78 is 32.7. The van der Waals surface area contributed by atoms with Gasteiger partial charge in [-0.05, 0) is 63.6 Å². The summed E-state index contributed by atoms with van der Waals surface area (Å²) in [5, 5.41) is 24.6. The van der Waals surface area contributed by atoms with Crippen molar-refractivity contribution in [3.05, 3.63) is 54.0 Å². The van der Waals surface area contributed by atoms with E-state index < -0.39 is 34.0 Å². The van der Waals surface area contributed by atoms with Crippen molar-refractivity contribution in [3.63, 3.8) is 0 Å². The second-order valence-electron chi connectivity index (χ2n) is 11.0. The molecule has 0 spiro atoms. The van der Waals surface area contributed by atoms with Crippen molar-refractivity contribution in [2.45, 2.75) is 70.2 Å². The third-order valence-corrected chi connectivity index (χ3v) is 9.00. The number of rotatable bonds is 7. The Morgan fingerprint density at radius 2 is 1.97 bits per heavy atom. The molecule has 0 saturated heterocycles. The van der Waals surface area contributed by atoms with Crippen molar-refractivity contribution < 1.29 is 27.6 Å². The van der Waals surface area contributed by atoms with E-state index in [4.69, 9.17) is 4.18 Å². The lowest BCUT2D eigenvalue weighted by Crippen LogP contribution is -2.49. The Bertz CT molecular complexity index is 1450. The molecular weight excluding hydrogens is 510 g/mol. The van der Waals surface area contributed by atoms with E-state index in [1.54, 1.807) is 0 Å². The van der Waals surface area contributed by atoms with Crippen LogP contribution in [0, 0.1) is 5.92 Å². The average molecular weight is 544 g/mol. The normalized spacial score (nSPS) is 23.5. The number of aliphatic hydroxyl groups excluding tert-OH is 1. The number of benzene rings is 1. The van der Waals surface area contributed by atoms with Crippen LogP contribution in [0.2, 0.25) is 0 Å². The molecule has 2 heterocycles. The molecule has 204 valence electrons. The fourth-order valence-electron chi connectivity index (χ4n) is 5.68. The van der Waals surface area contributed by atoms with Crippen molar-refractivity contribution in [1.82, 2.24) is 18.8 Å². The predicted molar refractivity (Wildman–Crippen MR) is 141 cm³/mol. The quantitative estimate of drug-likeness (QED) is 0.404. The third kappa shape index (κ3) is 4.95. The maximum atomic E-state index is 12.6. The van der Waals surface area contributed by atoms with Gasteiger partial charge in [0.05, 0.1) is 29.7 Å². The zero-order chi connectivity index (χ0) is 27.2. The van der Waals surface area contributed by atoms with Gasteiger partial charge >= 0.3 is 16.4 Å². The molecule has 4 atom stereocenters. The van der Waals surface area contributed by atoms with E-state index in [1.807, 2.05) is 22.9 Å². The molecular formula is C26H33N5O6S. The summed E-state index contributed by atoms with van der Waals surface area (Å²) in [6.45, 7) is 4.09. The number of fused-ring (bicyclic) bond motifs is 2. The number of nitrogens with one attached hydrogen (secondary N) is 1. The predicted octanol–water partition coefficient (Wildman–Crippen LogP) is 3.88. The molecule has 3 N–H and O–H groups in total. The molecule has 2 aliphatic carbocycles. The van der Waals surface area contributed by atoms with E-state index in [1.165, 1.54) is 38.2 Å². The van der Waals surface area contributed by atoms with Gasteiger partial charge in [0.25, 0.3) is 0 Å². The molecule has 5 rings (SSSR count). The van der Waals surface area contributed by atoms with Crippen molar-refractivity contribution >= 4 is 33.2 Å². The first-order chi connectivity index (χ1) is 18.0. The van der Waals surface area contributed by atoms with Crippen LogP contribution in [0.5, 0.6) is 0 Å². The van der Waals surface area contributed by atoms with Gasteiger partial charge in [-0.1, -0.05) is 24.3 Å². The van der Waals surface area contributed by atoms with E-state index in [-0.39, 0.29) is 18.7 Å². The summed E-state index contributed by atoms with van der Waals surface area (Å²) in [5.41, 5.74) is 2.14. The molecule has 2 aromatic heterocycles. The first-order valence-corrected chi connectivity index (χ1v) is 14.1. The number of aliphatic hydroxyl groups is 1. The van der Waals surface area contributed by atoms with Crippen LogP contribution in [0.1, 0.15) is 63.2 Å². The van der Waals surface area contributed by atoms with Crippen molar-refractivity contribution in [2.24, 2.45) is 5.92 Å². The standard InChI is InChI=1S/C26H33N5O6S/c1-26(2,3)31(25(33)34)38(35,36)37-14-17-12-18(13-22(17)32)30-11-10-20-23(27-15-28-24(20)30)29-21-9-8-16-6-4-5-7-19(16)21/h4-7,10-11,15,17-18,21-22,32H,8-9,12-14H2,1-3H3,(H,33,34)(H,27,28,29)/t17-,18+,21+,22+/m0/s1. The molecule has 0 aliphatic heterocycles. The number of hydrogen-bond donors (Lipinski definition) is 3. The van der Waals surface area contributed by atoms with Crippen molar-refractivity contribution in [1.29, 1.82) is 0 Å². The molecule has 11 nitrogen and oxygen atoms in total. The Morgan fingerprint density at radius 3 is 2.71 bits per heavy atom. The van der Waals surface area contributed by atoms with Crippen LogP contribution in [0.3, 0.4) is 0 Å². The van der Waals surface area contributed by atoms with E-state index in [0.29, 0.717) is 17.1 Å². The lowest BCUT2D eigenvalue weighted by molar-refractivity contribution is 0.0917. The molecule has 2 aliphatic rings.